The lowest BCUT2D eigenvalue weighted by Crippen LogP contribution is -2.18. The third kappa shape index (κ3) is 4.88. The molecule has 10 aromatic rings. The number of hydrogen-bond donors (Lipinski definition) is 0. The maximum absolute atomic E-state index is 5.42. The molecule has 1 aromatic heterocycles. The normalized spacial score (nSPS) is 13.1. The van der Waals surface area contributed by atoms with Crippen molar-refractivity contribution in [3.05, 3.63) is 193 Å². The summed E-state index contributed by atoms with van der Waals surface area (Å²) in [5, 5.41) is 10.2. The van der Waals surface area contributed by atoms with Crippen LogP contribution in [0, 0.1) is 0 Å². The quantitative estimate of drug-likeness (QED) is 0.171. The van der Waals surface area contributed by atoms with Crippen molar-refractivity contribution >= 4 is 43.1 Å². The number of fused-ring (bicyclic) bond motifs is 11. The van der Waals surface area contributed by atoms with Gasteiger partial charge in [-0.05, 0) is 89.1 Å². The molecule has 0 radical (unpaired) electrons. The van der Waals surface area contributed by atoms with Crippen LogP contribution >= 0.6 is 0 Å². The van der Waals surface area contributed by atoms with Gasteiger partial charge in [-0.1, -0.05) is 178 Å². The summed E-state index contributed by atoms with van der Waals surface area (Å²) in [5.41, 5.74) is 12.2. The average molecular weight is 701 g/mol. The molecule has 0 unspecified atom stereocenters. The van der Waals surface area contributed by atoms with Gasteiger partial charge in [-0.2, -0.15) is 0 Å². The van der Waals surface area contributed by atoms with Crippen molar-refractivity contribution < 1.29 is 0 Å². The van der Waals surface area contributed by atoms with Gasteiger partial charge in [-0.15, -0.1) is 0 Å². The van der Waals surface area contributed by atoms with E-state index in [1.165, 1.54) is 70.9 Å². The second-order valence-corrected chi connectivity index (χ2v) is 15.3. The van der Waals surface area contributed by atoms with Crippen LogP contribution in [-0.2, 0) is 5.41 Å². The fourth-order valence-corrected chi connectivity index (χ4v) is 9.25. The van der Waals surface area contributed by atoms with Crippen molar-refractivity contribution in [2.45, 2.75) is 19.3 Å². The first kappa shape index (κ1) is 31.6. The Kier molecular flexibility index (Phi) is 6.93. The highest BCUT2D eigenvalue weighted by Crippen LogP contribution is 2.53. The SMILES string of the molecule is CC1(C)c2c(-c3ccccc3)nc(-c3cccc(-c4cccc(-c5ccc6c7ccccc7c7ccccc7c6c5)c4)c3)nc2-c2ccc3ccccc3c21. The molecule has 0 N–H and O–H groups in total. The maximum atomic E-state index is 5.42. The molecule has 1 heterocycles. The minimum atomic E-state index is -0.278. The van der Waals surface area contributed by atoms with Gasteiger partial charge in [0.25, 0.3) is 0 Å². The van der Waals surface area contributed by atoms with E-state index in [2.05, 4.69) is 196 Å². The Morgan fingerprint density at radius 2 is 0.818 bits per heavy atom. The fourth-order valence-electron chi connectivity index (χ4n) is 9.25. The molecule has 1 aliphatic rings. The van der Waals surface area contributed by atoms with Crippen molar-refractivity contribution in [2.75, 3.05) is 0 Å². The van der Waals surface area contributed by atoms with Gasteiger partial charge in [0.15, 0.2) is 5.82 Å². The Morgan fingerprint density at radius 3 is 1.49 bits per heavy atom. The van der Waals surface area contributed by atoms with Crippen LogP contribution in [0.25, 0.3) is 99.2 Å². The lowest BCUT2D eigenvalue weighted by atomic mass is 9.79. The van der Waals surface area contributed by atoms with Crippen LogP contribution < -0.4 is 0 Å². The first-order valence-corrected chi connectivity index (χ1v) is 19.1. The molecule has 9 aromatic carbocycles. The molecule has 55 heavy (non-hydrogen) atoms. The van der Waals surface area contributed by atoms with Gasteiger partial charge in [-0.3, -0.25) is 0 Å². The van der Waals surface area contributed by atoms with Crippen LogP contribution in [0.1, 0.15) is 25.0 Å². The van der Waals surface area contributed by atoms with Crippen LogP contribution in [0.2, 0.25) is 0 Å². The second kappa shape index (κ2) is 12.1. The number of hydrogen-bond acceptors (Lipinski definition) is 2. The lowest BCUT2D eigenvalue weighted by Gasteiger charge is -2.25. The monoisotopic (exact) mass is 700 g/mol. The summed E-state index contributed by atoms with van der Waals surface area (Å²) in [6, 6.07) is 65.9. The van der Waals surface area contributed by atoms with Gasteiger partial charge in [0.2, 0.25) is 0 Å². The zero-order valence-corrected chi connectivity index (χ0v) is 30.7. The minimum Gasteiger partial charge on any atom is -0.228 e. The third-order valence-electron chi connectivity index (χ3n) is 11.8. The highest BCUT2D eigenvalue weighted by molar-refractivity contribution is 6.25. The van der Waals surface area contributed by atoms with E-state index in [1.54, 1.807) is 0 Å². The highest BCUT2D eigenvalue weighted by Gasteiger charge is 2.41. The predicted molar refractivity (Wildman–Crippen MR) is 231 cm³/mol. The smallest absolute Gasteiger partial charge is 0.160 e. The summed E-state index contributed by atoms with van der Waals surface area (Å²) in [5.74, 6) is 0.737. The van der Waals surface area contributed by atoms with Crippen molar-refractivity contribution in [1.82, 2.24) is 9.97 Å². The van der Waals surface area contributed by atoms with E-state index in [0.717, 1.165) is 39.5 Å². The molecule has 2 heteroatoms. The van der Waals surface area contributed by atoms with Gasteiger partial charge in [0, 0.05) is 27.7 Å². The highest BCUT2D eigenvalue weighted by atomic mass is 14.9. The van der Waals surface area contributed by atoms with E-state index in [0.29, 0.717) is 0 Å². The number of rotatable bonds is 4. The molecule has 258 valence electrons. The maximum Gasteiger partial charge on any atom is 0.160 e. The average Bonchev–Trinajstić information content (AvgIpc) is 3.49. The van der Waals surface area contributed by atoms with Crippen LogP contribution in [0.4, 0.5) is 0 Å². The molecule has 0 atom stereocenters. The zero-order chi connectivity index (χ0) is 36.7. The first-order valence-electron chi connectivity index (χ1n) is 19.1. The number of benzene rings is 9. The molecule has 2 nitrogen and oxygen atoms in total. The summed E-state index contributed by atoms with van der Waals surface area (Å²) in [6.07, 6.45) is 0. The van der Waals surface area contributed by atoms with Crippen LogP contribution in [0.15, 0.2) is 182 Å². The van der Waals surface area contributed by atoms with E-state index in [4.69, 9.17) is 9.97 Å². The van der Waals surface area contributed by atoms with Gasteiger partial charge < -0.3 is 0 Å². The van der Waals surface area contributed by atoms with E-state index in [9.17, 15) is 0 Å². The van der Waals surface area contributed by atoms with E-state index < -0.39 is 0 Å². The van der Waals surface area contributed by atoms with Gasteiger partial charge >= 0.3 is 0 Å². The summed E-state index contributed by atoms with van der Waals surface area (Å²) < 4.78 is 0. The van der Waals surface area contributed by atoms with Gasteiger partial charge in [0.1, 0.15) is 0 Å². The lowest BCUT2D eigenvalue weighted by molar-refractivity contribution is 0.663. The number of aromatic nitrogens is 2. The Hall–Kier alpha value is -6.90. The summed E-state index contributed by atoms with van der Waals surface area (Å²) in [7, 11) is 0. The van der Waals surface area contributed by atoms with Crippen LogP contribution in [0.3, 0.4) is 0 Å². The molecule has 0 bridgehead atoms. The topological polar surface area (TPSA) is 25.8 Å². The minimum absolute atomic E-state index is 0.278. The molecule has 0 aliphatic heterocycles. The summed E-state index contributed by atoms with van der Waals surface area (Å²) in [4.78, 5) is 10.8. The molecule has 1 aliphatic carbocycles. The Balaban J connectivity index is 1.04. The second-order valence-electron chi connectivity index (χ2n) is 15.3. The van der Waals surface area contributed by atoms with E-state index >= 15 is 0 Å². The van der Waals surface area contributed by atoms with E-state index in [1.807, 2.05) is 0 Å². The molecule has 0 fully saturated rings. The predicted octanol–water partition coefficient (Wildman–Crippen LogP) is 14.1. The molecule has 0 spiro atoms. The Labute approximate surface area is 320 Å². The van der Waals surface area contributed by atoms with Crippen LogP contribution in [0.5, 0.6) is 0 Å². The molecule has 11 rings (SSSR count). The third-order valence-corrected chi connectivity index (χ3v) is 11.8. The summed E-state index contributed by atoms with van der Waals surface area (Å²) in [6.45, 7) is 4.65. The Bertz CT molecular complexity index is 3140. The van der Waals surface area contributed by atoms with Crippen molar-refractivity contribution in [3.63, 3.8) is 0 Å². The molecular formula is C53H36N2. The van der Waals surface area contributed by atoms with Gasteiger partial charge in [0.05, 0.1) is 11.4 Å². The largest absolute Gasteiger partial charge is 0.228 e. The first-order chi connectivity index (χ1) is 27.0. The summed E-state index contributed by atoms with van der Waals surface area (Å²) >= 11 is 0. The van der Waals surface area contributed by atoms with Crippen molar-refractivity contribution in [1.29, 1.82) is 0 Å². The molecule has 0 amide bonds. The number of nitrogens with zero attached hydrogens (tertiary/aromatic N) is 2. The van der Waals surface area contributed by atoms with Gasteiger partial charge in [-0.25, -0.2) is 9.97 Å². The van der Waals surface area contributed by atoms with Crippen molar-refractivity contribution in [3.8, 4) is 56.2 Å². The fraction of sp³-hybridized carbons (Fsp3) is 0.0566. The molecule has 0 saturated heterocycles. The van der Waals surface area contributed by atoms with Crippen molar-refractivity contribution in [2.24, 2.45) is 0 Å². The van der Waals surface area contributed by atoms with E-state index in [-0.39, 0.29) is 5.41 Å². The standard InChI is InChI=1S/C53H36N2/c1-53(2)48-40-21-7-6-14-33(40)26-29-46(48)51-49(53)50(34-15-4-3-5-16-34)54-52(55-51)39-20-13-19-37(31-39)35-17-12-18-36(30-35)38-27-28-45-43-24-9-8-22-41(43)42-23-10-11-25-44(42)47(45)32-38/h3-32H,1-2H3. The molecule has 0 saturated carbocycles. The zero-order valence-electron chi connectivity index (χ0n) is 30.7. The molecular weight excluding hydrogens is 665 g/mol. The van der Waals surface area contributed by atoms with Crippen LogP contribution in [-0.4, -0.2) is 9.97 Å². The Morgan fingerprint density at radius 1 is 0.327 bits per heavy atom.